The van der Waals surface area contributed by atoms with E-state index < -0.39 is 14.4 Å². The first kappa shape index (κ1) is 22.5. The SMILES string of the molecule is CC(C)(C)[Si](C)(C)O[C@H]1CCCN(C(=O)O)[C@@H]1CCC(=O)n1cnc2ccccc21. The average molecular weight is 432 g/mol. The van der Waals surface area contributed by atoms with Gasteiger partial charge < -0.3 is 14.4 Å². The van der Waals surface area contributed by atoms with Crippen molar-refractivity contribution in [3.63, 3.8) is 0 Å². The van der Waals surface area contributed by atoms with Crippen LogP contribution in [-0.2, 0) is 4.43 Å². The summed E-state index contributed by atoms with van der Waals surface area (Å²) in [5.74, 6) is -0.0781. The van der Waals surface area contributed by atoms with Gasteiger partial charge in [0.15, 0.2) is 8.32 Å². The summed E-state index contributed by atoms with van der Waals surface area (Å²) in [6.07, 6.45) is 2.72. The third kappa shape index (κ3) is 4.59. The number of likely N-dealkylation sites (tertiary alicyclic amines) is 1. The van der Waals surface area contributed by atoms with E-state index in [-0.39, 0.29) is 29.5 Å². The van der Waals surface area contributed by atoms with Crippen molar-refractivity contribution in [2.75, 3.05) is 6.54 Å². The van der Waals surface area contributed by atoms with Crippen molar-refractivity contribution < 1.29 is 19.1 Å². The number of rotatable bonds is 5. The molecule has 1 aromatic heterocycles. The molecule has 0 radical (unpaired) electrons. The van der Waals surface area contributed by atoms with Crippen LogP contribution in [0.1, 0.15) is 51.2 Å². The highest BCUT2D eigenvalue weighted by Crippen LogP contribution is 2.39. The van der Waals surface area contributed by atoms with E-state index in [0.29, 0.717) is 13.0 Å². The first-order valence-electron chi connectivity index (χ1n) is 10.6. The maximum Gasteiger partial charge on any atom is 0.407 e. The third-order valence-electron chi connectivity index (χ3n) is 6.59. The average Bonchev–Trinajstić information content (AvgIpc) is 3.09. The van der Waals surface area contributed by atoms with Gasteiger partial charge in [-0.1, -0.05) is 32.9 Å². The number of imidazole rings is 1. The Morgan fingerprint density at radius 1 is 1.27 bits per heavy atom. The predicted molar refractivity (Wildman–Crippen MR) is 119 cm³/mol. The van der Waals surface area contributed by atoms with Crippen molar-refractivity contribution in [3.05, 3.63) is 30.6 Å². The number of carboxylic acid groups (broad SMARTS) is 1. The maximum absolute atomic E-state index is 12.9. The standard InChI is InChI=1S/C22H33N3O4Si/c1-22(2,3)30(4,5)29-19-11-8-14-24(21(27)28)18(19)12-13-20(26)25-15-23-16-9-6-7-10-17(16)25/h6-7,9-10,15,18-19H,8,11-14H2,1-5H3,(H,27,28)/t18-,19+/m1/s1. The minimum atomic E-state index is -2.06. The normalized spacial score (nSPS) is 20.5. The van der Waals surface area contributed by atoms with Gasteiger partial charge in [-0.3, -0.25) is 9.36 Å². The summed E-state index contributed by atoms with van der Waals surface area (Å²) in [5, 5.41) is 9.79. The van der Waals surface area contributed by atoms with Crippen molar-refractivity contribution in [3.8, 4) is 0 Å². The molecule has 0 unspecified atom stereocenters. The Morgan fingerprint density at radius 2 is 1.97 bits per heavy atom. The molecule has 164 valence electrons. The highest BCUT2D eigenvalue weighted by molar-refractivity contribution is 6.74. The lowest BCUT2D eigenvalue weighted by atomic mass is 9.95. The van der Waals surface area contributed by atoms with Crippen molar-refractivity contribution in [1.82, 2.24) is 14.5 Å². The van der Waals surface area contributed by atoms with Gasteiger partial charge in [0.05, 0.1) is 23.2 Å². The fourth-order valence-corrected chi connectivity index (χ4v) is 5.23. The van der Waals surface area contributed by atoms with Crippen LogP contribution in [0.3, 0.4) is 0 Å². The van der Waals surface area contributed by atoms with Gasteiger partial charge in [-0.05, 0) is 49.5 Å². The summed E-state index contributed by atoms with van der Waals surface area (Å²) in [4.78, 5) is 30.6. The van der Waals surface area contributed by atoms with E-state index in [2.05, 4.69) is 38.8 Å². The van der Waals surface area contributed by atoms with Gasteiger partial charge in [0.1, 0.15) is 6.33 Å². The number of fused-ring (bicyclic) bond motifs is 1. The van der Waals surface area contributed by atoms with E-state index in [0.717, 1.165) is 23.9 Å². The molecule has 0 aliphatic carbocycles. The molecule has 1 amide bonds. The number of amides is 1. The largest absolute Gasteiger partial charge is 0.465 e. The summed E-state index contributed by atoms with van der Waals surface area (Å²) in [7, 11) is -2.06. The third-order valence-corrected chi connectivity index (χ3v) is 11.1. The molecule has 2 aromatic rings. The molecule has 1 fully saturated rings. The van der Waals surface area contributed by atoms with E-state index >= 15 is 0 Å². The lowest BCUT2D eigenvalue weighted by molar-refractivity contribution is 0.0182. The molecule has 1 aromatic carbocycles. The predicted octanol–water partition coefficient (Wildman–Crippen LogP) is 4.99. The quantitative estimate of drug-likeness (QED) is 0.674. The number of hydrogen-bond donors (Lipinski definition) is 1. The van der Waals surface area contributed by atoms with Crippen LogP contribution in [0, 0.1) is 0 Å². The zero-order valence-corrected chi connectivity index (χ0v) is 19.6. The Balaban J connectivity index is 1.78. The number of hydrogen-bond acceptors (Lipinski definition) is 4. The second-order valence-electron chi connectivity index (χ2n) is 9.64. The Labute approximate surface area is 179 Å². The monoisotopic (exact) mass is 431 g/mol. The second kappa shape index (κ2) is 8.51. The molecule has 7 nitrogen and oxygen atoms in total. The summed E-state index contributed by atoms with van der Waals surface area (Å²) >= 11 is 0. The van der Waals surface area contributed by atoms with Crippen LogP contribution in [0.2, 0.25) is 18.1 Å². The molecular formula is C22H33N3O4Si. The molecule has 1 aliphatic heterocycles. The van der Waals surface area contributed by atoms with Gasteiger partial charge in [-0.15, -0.1) is 0 Å². The van der Waals surface area contributed by atoms with Crippen molar-refractivity contribution in [2.45, 2.75) is 76.7 Å². The van der Waals surface area contributed by atoms with Gasteiger partial charge >= 0.3 is 6.09 Å². The van der Waals surface area contributed by atoms with Crippen LogP contribution in [-0.4, -0.2) is 58.6 Å². The molecular weight excluding hydrogens is 398 g/mol. The van der Waals surface area contributed by atoms with E-state index in [1.807, 2.05) is 24.3 Å². The number of benzene rings is 1. The maximum atomic E-state index is 12.9. The van der Waals surface area contributed by atoms with Crippen LogP contribution in [0.4, 0.5) is 4.79 Å². The Hall–Kier alpha value is -2.19. The van der Waals surface area contributed by atoms with Gasteiger partial charge in [-0.2, -0.15) is 0 Å². The van der Waals surface area contributed by atoms with Crippen LogP contribution >= 0.6 is 0 Å². The Bertz CT molecular complexity index is 918. The fourth-order valence-electron chi connectivity index (χ4n) is 3.84. The molecule has 2 atom stereocenters. The highest BCUT2D eigenvalue weighted by atomic mass is 28.4. The van der Waals surface area contributed by atoms with E-state index in [1.54, 1.807) is 10.9 Å². The van der Waals surface area contributed by atoms with E-state index in [9.17, 15) is 14.7 Å². The van der Waals surface area contributed by atoms with Crippen LogP contribution in [0.25, 0.3) is 11.0 Å². The second-order valence-corrected chi connectivity index (χ2v) is 14.4. The van der Waals surface area contributed by atoms with Crippen LogP contribution < -0.4 is 0 Å². The van der Waals surface area contributed by atoms with Crippen molar-refractivity contribution in [2.24, 2.45) is 0 Å². The fraction of sp³-hybridized carbons (Fsp3) is 0.591. The van der Waals surface area contributed by atoms with Crippen LogP contribution in [0.5, 0.6) is 0 Å². The molecule has 8 heteroatoms. The number of piperidine rings is 1. The molecule has 0 spiro atoms. The minimum absolute atomic E-state index is 0.0363. The van der Waals surface area contributed by atoms with E-state index in [1.165, 1.54) is 4.90 Å². The zero-order valence-electron chi connectivity index (χ0n) is 18.6. The Morgan fingerprint density at radius 3 is 2.63 bits per heavy atom. The van der Waals surface area contributed by atoms with Crippen molar-refractivity contribution >= 4 is 31.4 Å². The molecule has 1 N–H and O–H groups in total. The lowest BCUT2D eigenvalue weighted by Crippen LogP contribution is -2.56. The number of para-hydroxylation sites is 2. The Kier molecular flexibility index (Phi) is 6.38. The number of carbonyl (C=O) groups excluding carboxylic acids is 1. The first-order valence-corrected chi connectivity index (χ1v) is 13.5. The van der Waals surface area contributed by atoms with Gasteiger partial charge in [0.25, 0.3) is 0 Å². The van der Waals surface area contributed by atoms with Gasteiger partial charge in [-0.25, -0.2) is 9.78 Å². The first-order chi connectivity index (χ1) is 14.0. The van der Waals surface area contributed by atoms with Gasteiger partial charge in [0.2, 0.25) is 5.91 Å². The topological polar surface area (TPSA) is 84.7 Å². The summed E-state index contributed by atoms with van der Waals surface area (Å²) < 4.78 is 8.20. The highest BCUT2D eigenvalue weighted by Gasteiger charge is 2.43. The zero-order chi connectivity index (χ0) is 22.1. The molecule has 2 heterocycles. The van der Waals surface area contributed by atoms with E-state index in [4.69, 9.17) is 4.43 Å². The molecule has 0 bridgehead atoms. The summed E-state index contributed by atoms with van der Waals surface area (Å²) in [5.41, 5.74) is 1.55. The molecule has 0 saturated carbocycles. The van der Waals surface area contributed by atoms with Gasteiger partial charge in [0, 0.05) is 13.0 Å². The summed E-state index contributed by atoms with van der Waals surface area (Å²) in [6.45, 7) is 11.4. The van der Waals surface area contributed by atoms with Crippen LogP contribution in [0.15, 0.2) is 30.6 Å². The van der Waals surface area contributed by atoms with Crippen molar-refractivity contribution in [1.29, 1.82) is 0 Å². The lowest BCUT2D eigenvalue weighted by Gasteiger charge is -2.46. The molecule has 30 heavy (non-hydrogen) atoms. The minimum Gasteiger partial charge on any atom is -0.465 e. The molecule has 3 rings (SSSR count). The summed E-state index contributed by atoms with van der Waals surface area (Å²) in [6, 6.07) is 7.19. The number of aromatic nitrogens is 2. The smallest absolute Gasteiger partial charge is 0.407 e. The molecule has 1 saturated heterocycles. The number of nitrogens with zero attached hydrogens (tertiary/aromatic N) is 3. The molecule has 1 aliphatic rings. The number of carbonyl (C=O) groups is 2.